The Morgan fingerprint density at radius 2 is 2.15 bits per heavy atom. The van der Waals surface area contributed by atoms with Crippen molar-refractivity contribution in [3.63, 3.8) is 0 Å². The normalized spacial score (nSPS) is 18.5. The third-order valence-corrected chi connectivity index (χ3v) is 5.61. The molecule has 1 saturated carbocycles. The maximum Gasteiger partial charge on any atom is 0.270 e. The Morgan fingerprint density at radius 1 is 1.26 bits per heavy atom. The zero-order valence-electron chi connectivity index (χ0n) is 14.8. The third kappa shape index (κ3) is 2.54. The summed E-state index contributed by atoms with van der Waals surface area (Å²) in [5, 5.41) is 10.0. The molecule has 2 fully saturated rings. The summed E-state index contributed by atoms with van der Waals surface area (Å²) < 4.78 is 0. The van der Waals surface area contributed by atoms with Crippen LogP contribution in [0.3, 0.4) is 0 Å². The molecule has 27 heavy (non-hydrogen) atoms. The van der Waals surface area contributed by atoms with Gasteiger partial charge in [-0.3, -0.25) is 4.79 Å². The lowest BCUT2D eigenvalue weighted by atomic mass is 10.2. The van der Waals surface area contributed by atoms with E-state index in [9.17, 15) is 4.79 Å². The number of hydrogen-bond donors (Lipinski definition) is 2. The van der Waals surface area contributed by atoms with Gasteiger partial charge in [0.25, 0.3) is 5.91 Å². The summed E-state index contributed by atoms with van der Waals surface area (Å²) in [7, 11) is 0. The van der Waals surface area contributed by atoms with Crippen LogP contribution in [0.4, 0.5) is 5.82 Å². The molecule has 2 aliphatic rings. The molecule has 0 radical (unpaired) electrons. The van der Waals surface area contributed by atoms with Crippen LogP contribution in [0.2, 0.25) is 0 Å². The van der Waals surface area contributed by atoms with Gasteiger partial charge in [0, 0.05) is 32.0 Å². The van der Waals surface area contributed by atoms with Gasteiger partial charge in [0.1, 0.15) is 29.6 Å². The Morgan fingerprint density at radius 3 is 2.93 bits per heavy atom. The van der Waals surface area contributed by atoms with E-state index in [-0.39, 0.29) is 11.4 Å². The molecule has 136 valence electrons. The van der Waals surface area contributed by atoms with Crippen molar-refractivity contribution in [3.05, 3.63) is 42.1 Å². The molecule has 1 spiro atoms. The molecule has 0 unspecified atom stereocenters. The fourth-order valence-electron chi connectivity index (χ4n) is 4.09. The average Bonchev–Trinajstić information content (AvgIpc) is 3.13. The zero-order chi connectivity index (χ0) is 18.4. The van der Waals surface area contributed by atoms with Crippen LogP contribution in [0.5, 0.6) is 0 Å². The second-order valence-electron chi connectivity index (χ2n) is 7.31. The van der Waals surface area contributed by atoms with Gasteiger partial charge >= 0.3 is 0 Å². The summed E-state index contributed by atoms with van der Waals surface area (Å²) in [6, 6.07) is 5.70. The second-order valence-corrected chi connectivity index (χ2v) is 7.31. The third-order valence-electron chi connectivity index (χ3n) is 5.61. The highest BCUT2D eigenvalue weighted by atomic mass is 16.2. The number of H-pyrrole nitrogens is 2. The monoisotopic (exact) mass is 361 g/mol. The minimum atomic E-state index is -0.154. The first-order valence-electron chi connectivity index (χ1n) is 9.14. The van der Waals surface area contributed by atoms with Crippen LogP contribution in [0.1, 0.15) is 35.3 Å². The fourth-order valence-corrected chi connectivity index (χ4v) is 4.09. The van der Waals surface area contributed by atoms with E-state index in [0.29, 0.717) is 17.8 Å². The average molecular weight is 361 g/mol. The number of nitriles is 1. The van der Waals surface area contributed by atoms with Crippen LogP contribution in [0.15, 0.2) is 30.9 Å². The van der Waals surface area contributed by atoms with E-state index in [4.69, 9.17) is 5.26 Å². The molecule has 4 heterocycles. The van der Waals surface area contributed by atoms with Gasteiger partial charge in [-0.1, -0.05) is 0 Å². The molecular formula is C19H19N7O. The highest BCUT2D eigenvalue weighted by molar-refractivity contribution is 5.94. The number of fused-ring (bicyclic) bond motifs is 1. The van der Waals surface area contributed by atoms with Gasteiger partial charge in [-0.2, -0.15) is 5.26 Å². The number of hydrogen-bond acceptors (Lipinski definition) is 5. The van der Waals surface area contributed by atoms with Gasteiger partial charge in [-0.05, 0) is 31.4 Å². The van der Waals surface area contributed by atoms with Gasteiger partial charge in [0.2, 0.25) is 0 Å². The van der Waals surface area contributed by atoms with Crippen LogP contribution in [0, 0.1) is 11.3 Å². The number of rotatable bonds is 2. The molecular weight excluding hydrogens is 342 g/mol. The van der Waals surface area contributed by atoms with E-state index in [2.05, 4.69) is 30.9 Å². The summed E-state index contributed by atoms with van der Waals surface area (Å²) in [6.45, 7) is 2.32. The van der Waals surface area contributed by atoms with Crippen molar-refractivity contribution in [1.82, 2.24) is 24.8 Å². The number of carbonyl (C=O) groups is 1. The molecule has 0 aromatic carbocycles. The predicted octanol–water partition coefficient (Wildman–Crippen LogP) is 2.04. The van der Waals surface area contributed by atoms with Crippen molar-refractivity contribution in [2.24, 2.45) is 0 Å². The summed E-state index contributed by atoms with van der Waals surface area (Å²) in [4.78, 5) is 32.3. The minimum absolute atomic E-state index is 0.0228. The molecule has 1 amide bonds. The maximum absolute atomic E-state index is 13.1. The number of aromatic amines is 2. The summed E-state index contributed by atoms with van der Waals surface area (Å²) >= 11 is 0. The van der Waals surface area contributed by atoms with Crippen molar-refractivity contribution in [3.8, 4) is 6.07 Å². The first-order chi connectivity index (χ1) is 13.2. The van der Waals surface area contributed by atoms with Crippen molar-refractivity contribution in [2.45, 2.75) is 24.8 Å². The predicted molar refractivity (Wildman–Crippen MR) is 99.2 cm³/mol. The van der Waals surface area contributed by atoms with Crippen LogP contribution in [-0.2, 0) is 0 Å². The van der Waals surface area contributed by atoms with Gasteiger partial charge < -0.3 is 19.8 Å². The van der Waals surface area contributed by atoms with Gasteiger partial charge in [0.15, 0.2) is 0 Å². The Hall–Kier alpha value is -3.34. The van der Waals surface area contributed by atoms with Gasteiger partial charge in [0.05, 0.1) is 16.5 Å². The Labute approximate surface area is 155 Å². The first-order valence-corrected chi connectivity index (χ1v) is 9.14. The maximum atomic E-state index is 13.1. The molecule has 2 N–H and O–H groups in total. The Bertz CT molecular complexity index is 1060. The number of aromatic nitrogens is 4. The quantitative estimate of drug-likeness (QED) is 0.727. The van der Waals surface area contributed by atoms with Crippen molar-refractivity contribution in [2.75, 3.05) is 24.5 Å². The standard InChI is InChI=1S/C19H19N7O/c20-9-13-8-15(22-10-13)18(27)26-7-1-6-25(11-19(26)3-4-19)17-14-2-5-21-16(14)23-12-24-17/h2,5,8,10,12,22H,1,3-4,6-7,11H2,(H,21,23,24). The smallest absolute Gasteiger partial charge is 0.270 e. The molecule has 1 aliphatic carbocycles. The number of nitrogens with one attached hydrogen (secondary N) is 2. The lowest BCUT2D eigenvalue weighted by Crippen LogP contribution is -2.47. The summed E-state index contributed by atoms with van der Waals surface area (Å²) in [5.74, 6) is 0.902. The Kier molecular flexibility index (Phi) is 3.44. The lowest BCUT2D eigenvalue weighted by Gasteiger charge is -2.32. The molecule has 1 saturated heterocycles. The van der Waals surface area contributed by atoms with E-state index < -0.39 is 0 Å². The number of amides is 1. The molecule has 0 atom stereocenters. The van der Waals surface area contributed by atoms with E-state index in [0.717, 1.165) is 49.2 Å². The van der Waals surface area contributed by atoms with E-state index >= 15 is 0 Å². The molecule has 0 bridgehead atoms. The van der Waals surface area contributed by atoms with Gasteiger partial charge in [-0.25, -0.2) is 9.97 Å². The topological polar surface area (TPSA) is 105 Å². The van der Waals surface area contributed by atoms with Crippen LogP contribution >= 0.6 is 0 Å². The number of anilines is 1. The summed E-state index contributed by atoms with van der Waals surface area (Å²) in [6.07, 6.45) is 7.89. The Balaban J connectivity index is 1.45. The molecule has 1 aliphatic heterocycles. The number of carbonyl (C=O) groups excluding carboxylic acids is 1. The van der Waals surface area contributed by atoms with Gasteiger partial charge in [-0.15, -0.1) is 0 Å². The van der Waals surface area contributed by atoms with Crippen molar-refractivity contribution >= 4 is 22.8 Å². The van der Waals surface area contributed by atoms with Crippen LogP contribution < -0.4 is 4.90 Å². The van der Waals surface area contributed by atoms with E-state index in [1.54, 1.807) is 18.6 Å². The largest absolute Gasteiger partial charge is 0.356 e. The lowest BCUT2D eigenvalue weighted by molar-refractivity contribution is 0.0664. The SMILES string of the molecule is N#Cc1c[nH]c(C(=O)N2CCCN(c3ncnc4[nH]ccc34)CC23CC3)c1. The highest BCUT2D eigenvalue weighted by Crippen LogP contribution is 2.45. The molecule has 8 heteroatoms. The van der Waals surface area contributed by atoms with Crippen LogP contribution in [0.25, 0.3) is 11.0 Å². The minimum Gasteiger partial charge on any atom is -0.356 e. The van der Waals surface area contributed by atoms with Crippen molar-refractivity contribution in [1.29, 1.82) is 5.26 Å². The van der Waals surface area contributed by atoms with E-state index in [1.807, 2.05) is 17.2 Å². The zero-order valence-corrected chi connectivity index (χ0v) is 14.8. The number of nitrogens with zero attached hydrogens (tertiary/aromatic N) is 5. The second kappa shape index (κ2) is 5.84. The molecule has 8 nitrogen and oxygen atoms in total. The summed E-state index contributed by atoms with van der Waals surface area (Å²) in [5.41, 5.74) is 1.65. The first kappa shape index (κ1) is 15.9. The fraction of sp³-hybridized carbons (Fsp3) is 0.368. The van der Waals surface area contributed by atoms with Crippen LogP contribution in [-0.4, -0.2) is 55.9 Å². The molecule has 3 aromatic heterocycles. The van der Waals surface area contributed by atoms with E-state index in [1.165, 1.54) is 0 Å². The molecule has 3 aromatic rings. The molecule has 5 rings (SSSR count). The highest BCUT2D eigenvalue weighted by Gasteiger charge is 2.52. The van der Waals surface area contributed by atoms with Crippen molar-refractivity contribution < 1.29 is 4.79 Å².